The van der Waals surface area contributed by atoms with Gasteiger partial charge in [-0.05, 0) is 51.3 Å². The Kier molecular flexibility index (Phi) is 9.26. The van der Waals surface area contributed by atoms with E-state index in [1.54, 1.807) is 14.2 Å². The topological polar surface area (TPSA) is 82.8 Å². The molecule has 0 unspecified atom stereocenters. The lowest BCUT2D eigenvalue weighted by atomic mass is 10.2. The molecule has 0 aliphatic rings. The molecule has 0 heterocycles. The van der Waals surface area contributed by atoms with E-state index in [1.165, 1.54) is 0 Å². The highest BCUT2D eigenvalue weighted by molar-refractivity contribution is 9.10. The second-order valence-electron chi connectivity index (χ2n) is 5.32. The van der Waals surface area contributed by atoms with Crippen LogP contribution in [0.1, 0.15) is 11.1 Å². The monoisotopic (exact) mass is 444 g/mol. The van der Waals surface area contributed by atoms with Crippen molar-refractivity contribution in [1.29, 1.82) is 0 Å². The van der Waals surface area contributed by atoms with E-state index in [9.17, 15) is 4.79 Å². The van der Waals surface area contributed by atoms with Crippen molar-refractivity contribution < 1.29 is 19.0 Å². The number of rotatable bonds is 9. The Hall–Kier alpha value is -1.96. The van der Waals surface area contributed by atoms with Gasteiger partial charge >= 0.3 is 0 Å². The lowest BCUT2D eigenvalue weighted by Gasteiger charge is -2.14. The van der Waals surface area contributed by atoms with E-state index in [1.807, 2.05) is 36.4 Å². The Morgan fingerprint density at radius 1 is 1.08 bits per heavy atom. The zero-order valence-electron chi connectivity index (χ0n) is 14.6. The van der Waals surface area contributed by atoms with Gasteiger partial charge in [-0.15, -0.1) is 12.4 Å². The van der Waals surface area contributed by atoms with E-state index in [4.69, 9.17) is 19.9 Å². The Morgan fingerprint density at radius 3 is 2.31 bits per heavy atom. The first kappa shape index (κ1) is 22.1. The predicted molar refractivity (Wildman–Crippen MR) is 106 cm³/mol. The third kappa shape index (κ3) is 6.40. The smallest absolute Gasteiger partial charge is 0.255 e. The molecule has 0 aromatic heterocycles. The molecule has 8 heteroatoms. The van der Waals surface area contributed by atoms with Gasteiger partial charge in [0.05, 0.1) is 18.7 Å². The van der Waals surface area contributed by atoms with Gasteiger partial charge in [0.15, 0.2) is 18.1 Å². The van der Waals surface area contributed by atoms with Crippen molar-refractivity contribution in [2.24, 2.45) is 5.73 Å². The van der Waals surface area contributed by atoms with Gasteiger partial charge in [-0.3, -0.25) is 4.79 Å². The molecule has 1 amide bonds. The van der Waals surface area contributed by atoms with Crippen LogP contribution in [0.5, 0.6) is 17.2 Å². The van der Waals surface area contributed by atoms with Crippen LogP contribution in [0, 0.1) is 0 Å². The molecule has 0 aliphatic carbocycles. The molecule has 2 aromatic carbocycles. The minimum atomic E-state index is -0.542. The number of hydrogen-bond acceptors (Lipinski definition) is 5. The molecule has 6 nitrogen and oxygen atoms in total. The first-order valence-electron chi connectivity index (χ1n) is 7.64. The maximum absolute atomic E-state index is 10.9. The minimum absolute atomic E-state index is 0. The Morgan fingerprint density at radius 2 is 1.73 bits per heavy atom. The maximum atomic E-state index is 10.9. The molecule has 142 valence electrons. The van der Waals surface area contributed by atoms with E-state index >= 15 is 0 Å². The van der Waals surface area contributed by atoms with Crippen LogP contribution in [0.25, 0.3) is 0 Å². The van der Waals surface area contributed by atoms with Crippen LogP contribution in [-0.2, 0) is 17.9 Å². The molecule has 3 N–H and O–H groups in total. The molecule has 0 aliphatic heterocycles. The van der Waals surface area contributed by atoms with Crippen molar-refractivity contribution in [3.8, 4) is 17.2 Å². The average Bonchev–Trinajstić information content (AvgIpc) is 2.60. The minimum Gasteiger partial charge on any atom is -0.497 e. The summed E-state index contributed by atoms with van der Waals surface area (Å²) in [6.45, 7) is 1.17. The number of primary amides is 1. The van der Waals surface area contributed by atoms with E-state index in [-0.39, 0.29) is 19.0 Å². The van der Waals surface area contributed by atoms with Crippen LogP contribution in [0.2, 0.25) is 0 Å². The van der Waals surface area contributed by atoms with Crippen molar-refractivity contribution in [2.75, 3.05) is 20.8 Å². The van der Waals surface area contributed by atoms with E-state index < -0.39 is 5.91 Å². The highest BCUT2D eigenvalue weighted by Gasteiger charge is 2.12. The molecular formula is C18H22BrClN2O4. The molecule has 26 heavy (non-hydrogen) atoms. The van der Waals surface area contributed by atoms with Crippen molar-refractivity contribution in [1.82, 2.24) is 5.32 Å². The fourth-order valence-electron chi connectivity index (χ4n) is 2.25. The van der Waals surface area contributed by atoms with Crippen LogP contribution < -0.4 is 25.3 Å². The number of halogens is 2. The number of methoxy groups -OCH3 is 2. The summed E-state index contributed by atoms with van der Waals surface area (Å²) >= 11 is 3.44. The first-order valence-corrected chi connectivity index (χ1v) is 8.44. The van der Waals surface area contributed by atoms with E-state index in [0.29, 0.717) is 22.5 Å². The van der Waals surface area contributed by atoms with Crippen LogP contribution in [0.15, 0.2) is 40.9 Å². The predicted octanol–water partition coefficient (Wildman–Crippen LogP) is 3.04. The van der Waals surface area contributed by atoms with Crippen LogP contribution in [-0.4, -0.2) is 26.7 Å². The number of carbonyl (C=O) groups excluding carboxylic acids is 1. The molecule has 0 atom stereocenters. The number of nitrogens with one attached hydrogen (secondary N) is 1. The summed E-state index contributed by atoms with van der Waals surface area (Å²) in [4.78, 5) is 10.9. The highest BCUT2D eigenvalue weighted by Crippen LogP contribution is 2.36. The number of carbonyl (C=O) groups is 1. The quantitative estimate of drug-likeness (QED) is 0.620. The molecule has 0 spiro atoms. The SMILES string of the molecule is COc1ccc(CNCc2cc(Br)c(OCC(N)=O)c(OC)c2)cc1.Cl. The Bertz CT molecular complexity index is 726. The fourth-order valence-corrected chi connectivity index (χ4v) is 2.86. The lowest BCUT2D eigenvalue weighted by Crippen LogP contribution is -2.20. The summed E-state index contributed by atoms with van der Waals surface area (Å²) < 4.78 is 16.6. The van der Waals surface area contributed by atoms with Crippen molar-refractivity contribution in [3.63, 3.8) is 0 Å². The zero-order chi connectivity index (χ0) is 18.2. The standard InChI is InChI=1S/C18H21BrN2O4.ClH/c1-23-14-5-3-12(4-6-14)9-21-10-13-7-15(19)18(16(8-13)24-2)25-11-17(20)22;/h3-8,21H,9-11H2,1-2H3,(H2,20,22);1H. The van der Waals surface area contributed by atoms with Gasteiger partial charge in [0.1, 0.15) is 5.75 Å². The summed E-state index contributed by atoms with van der Waals surface area (Å²) in [6.07, 6.45) is 0. The molecule has 0 saturated carbocycles. The van der Waals surface area contributed by atoms with Gasteiger partial charge in [-0.25, -0.2) is 0 Å². The molecule has 0 bridgehead atoms. The number of nitrogens with two attached hydrogens (primary N) is 1. The largest absolute Gasteiger partial charge is 0.497 e. The molecule has 0 saturated heterocycles. The second-order valence-corrected chi connectivity index (χ2v) is 6.17. The third-order valence-corrected chi connectivity index (χ3v) is 4.05. The normalized spacial score (nSPS) is 9.96. The molecule has 0 radical (unpaired) electrons. The zero-order valence-corrected chi connectivity index (χ0v) is 17.0. The van der Waals surface area contributed by atoms with Crippen molar-refractivity contribution in [3.05, 3.63) is 52.0 Å². The first-order chi connectivity index (χ1) is 12.0. The van der Waals surface area contributed by atoms with Gasteiger partial charge in [-0.2, -0.15) is 0 Å². The fraction of sp³-hybridized carbons (Fsp3) is 0.278. The summed E-state index contributed by atoms with van der Waals surface area (Å²) in [5, 5.41) is 3.37. The Balaban J connectivity index is 0.00000338. The second kappa shape index (κ2) is 10.9. The number of hydrogen-bond donors (Lipinski definition) is 2. The van der Waals surface area contributed by atoms with Gasteiger partial charge in [-0.1, -0.05) is 12.1 Å². The summed E-state index contributed by atoms with van der Waals surface area (Å²) in [7, 11) is 3.20. The lowest BCUT2D eigenvalue weighted by molar-refractivity contribution is -0.119. The Labute approximate surface area is 167 Å². The average molecular weight is 446 g/mol. The van der Waals surface area contributed by atoms with Crippen molar-refractivity contribution in [2.45, 2.75) is 13.1 Å². The van der Waals surface area contributed by atoms with Crippen LogP contribution in [0.4, 0.5) is 0 Å². The van der Waals surface area contributed by atoms with Crippen molar-refractivity contribution >= 4 is 34.2 Å². The van der Waals surface area contributed by atoms with Gasteiger partial charge in [0.2, 0.25) is 0 Å². The number of amides is 1. The highest BCUT2D eigenvalue weighted by atomic mass is 79.9. The van der Waals surface area contributed by atoms with Gasteiger partial charge in [0.25, 0.3) is 5.91 Å². The van der Waals surface area contributed by atoms with E-state index in [2.05, 4.69) is 21.2 Å². The summed E-state index contributed by atoms with van der Waals surface area (Å²) in [5.41, 5.74) is 7.29. The molecule has 0 fully saturated rings. The van der Waals surface area contributed by atoms with Gasteiger partial charge < -0.3 is 25.3 Å². The number of benzene rings is 2. The molecule has 2 rings (SSSR count). The van der Waals surface area contributed by atoms with Crippen LogP contribution in [0.3, 0.4) is 0 Å². The third-order valence-electron chi connectivity index (χ3n) is 3.47. The van der Waals surface area contributed by atoms with Gasteiger partial charge in [0, 0.05) is 13.1 Å². The summed E-state index contributed by atoms with van der Waals surface area (Å²) in [5.74, 6) is 1.29. The van der Waals surface area contributed by atoms with E-state index in [0.717, 1.165) is 23.4 Å². The number of ether oxygens (including phenoxy) is 3. The summed E-state index contributed by atoms with van der Waals surface area (Å²) in [6, 6.07) is 11.7. The maximum Gasteiger partial charge on any atom is 0.255 e. The molecule has 2 aromatic rings. The molecular weight excluding hydrogens is 424 g/mol. The van der Waals surface area contributed by atoms with Crippen LogP contribution >= 0.6 is 28.3 Å².